The third-order valence-corrected chi connectivity index (χ3v) is 3.19. The van der Waals surface area contributed by atoms with Crippen LogP contribution in [0.2, 0.25) is 0 Å². The zero-order valence-corrected chi connectivity index (χ0v) is 11.5. The standard InChI is InChI=1S/C14H20FNO3/c1-10-5-6-11(15)12(9-10)19-8-4-7-14(2,16-3)13(17)18/h5-6,9,16H,4,7-8H2,1-3H3,(H,17,18). The van der Waals surface area contributed by atoms with Gasteiger partial charge in [-0.1, -0.05) is 6.07 Å². The lowest BCUT2D eigenvalue weighted by Crippen LogP contribution is -2.47. The van der Waals surface area contributed by atoms with Crippen molar-refractivity contribution in [1.29, 1.82) is 0 Å². The number of halogens is 1. The number of aliphatic carboxylic acids is 1. The van der Waals surface area contributed by atoms with Gasteiger partial charge in [-0.3, -0.25) is 4.79 Å². The number of carbonyl (C=O) groups is 1. The van der Waals surface area contributed by atoms with E-state index in [1.165, 1.54) is 6.07 Å². The molecule has 0 heterocycles. The van der Waals surface area contributed by atoms with E-state index in [1.54, 1.807) is 26.1 Å². The highest BCUT2D eigenvalue weighted by atomic mass is 19.1. The maximum Gasteiger partial charge on any atom is 0.323 e. The second-order valence-corrected chi connectivity index (χ2v) is 4.77. The van der Waals surface area contributed by atoms with Crippen LogP contribution in [0.1, 0.15) is 25.3 Å². The number of hydrogen-bond donors (Lipinski definition) is 2. The minimum atomic E-state index is -0.978. The number of benzene rings is 1. The number of likely N-dealkylation sites (N-methyl/N-ethyl adjacent to an activating group) is 1. The Kier molecular flexibility index (Phi) is 5.30. The topological polar surface area (TPSA) is 58.6 Å². The van der Waals surface area contributed by atoms with E-state index in [0.717, 1.165) is 5.56 Å². The van der Waals surface area contributed by atoms with Crippen LogP contribution in [0.5, 0.6) is 5.75 Å². The number of rotatable bonds is 7. The molecule has 2 N–H and O–H groups in total. The van der Waals surface area contributed by atoms with Crippen LogP contribution in [0.15, 0.2) is 18.2 Å². The van der Waals surface area contributed by atoms with Crippen LogP contribution in [-0.2, 0) is 4.79 Å². The van der Waals surface area contributed by atoms with Crippen LogP contribution in [0.25, 0.3) is 0 Å². The molecule has 19 heavy (non-hydrogen) atoms. The zero-order valence-electron chi connectivity index (χ0n) is 11.5. The molecule has 0 saturated carbocycles. The summed E-state index contributed by atoms with van der Waals surface area (Å²) in [6.07, 6.45) is 0.934. The molecule has 0 aliphatic heterocycles. The summed E-state index contributed by atoms with van der Waals surface area (Å²) in [6, 6.07) is 4.66. The minimum absolute atomic E-state index is 0.210. The number of carboxylic acid groups (broad SMARTS) is 1. The molecule has 106 valence electrons. The van der Waals surface area contributed by atoms with Crippen LogP contribution in [0, 0.1) is 12.7 Å². The Hall–Kier alpha value is -1.62. The quantitative estimate of drug-likeness (QED) is 0.746. The van der Waals surface area contributed by atoms with E-state index in [0.29, 0.717) is 12.8 Å². The Morgan fingerprint density at radius 3 is 2.79 bits per heavy atom. The molecule has 1 aromatic carbocycles. The predicted octanol–water partition coefficient (Wildman–Crippen LogP) is 2.36. The first-order chi connectivity index (χ1) is 8.89. The lowest BCUT2D eigenvalue weighted by atomic mass is 9.96. The summed E-state index contributed by atoms with van der Waals surface area (Å²) in [7, 11) is 1.61. The lowest BCUT2D eigenvalue weighted by Gasteiger charge is -2.23. The van der Waals surface area contributed by atoms with E-state index < -0.39 is 17.3 Å². The molecular formula is C14H20FNO3. The molecule has 0 spiro atoms. The van der Waals surface area contributed by atoms with Gasteiger partial charge in [0, 0.05) is 0 Å². The van der Waals surface area contributed by atoms with Gasteiger partial charge in [0.1, 0.15) is 5.54 Å². The molecule has 0 bridgehead atoms. The van der Waals surface area contributed by atoms with Gasteiger partial charge >= 0.3 is 5.97 Å². The van der Waals surface area contributed by atoms with Gasteiger partial charge in [0.2, 0.25) is 0 Å². The first-order valence-electron chi connectivity index (χ1n) is 6.20. The van der Waals surface area contributed by atoms with E-state index in [9.17, 15) is 9.18 Å². The van der Waals surface area contributed by atoms with Crippen molar-refractivity contribution in [3.05, 3.63) is 29.6 Å². The molecule has 0 aliphatic carbocycles. The smallest absolute Gasteiger partial charge is 0.323 e. The van der Waals surface area contributed by atoms with E-state index >= 15 is 0 Å². The Morgan fingerprint density at radius 1 is 1.53 bits per heavy atom. The molecule has 0 radical (unpaired) electrons. The van der Waals surface area contributed by atoms with Crippen molar-refractivity contribution < 1.29 is 19.0 Å². The van der Waals surface area contributed by atoms with E-state index in [4.69, 9.17) is 9.84 Å². The average Bonchev–Trinajstić information content (AvgIpc) is 2.38. The molecule has 1 unspecified atom stereocenters. The monoisotopic (exact) mass is 269 g/mol. The largest absolute Gasteiger partial charge is 0.491 e. The second-order valence-electron chi connectivity index (χ2n) is 4.77. The Balaban J connectivity index is 2.47. The van der Waals surface area contributed by atoms with Crippen molar-refractivity contribution in [1.82, 2.24) is 5.32 Å². The van der Waals surface area contributed by atoms with Gasteiger partial charge in [-0.25, -0.2) is 4.39 Å². The first-order valence-corrected chi connectivity index (χ1v) is 6.20. The zero-order chi connectivity index (χ0) is 14.5. The van der Waals surface area contributed by atoms with E-state index in [1.807, 2.05) is 6.92 Å². The summed E-state index contributed by atoms with van der Waals surface area (Å²) in [4.78, 5) is 11.1. The Morgan fingerprint density at radius 2 is 2.21 bits per heavy atom. The highest BCUT2D eigenvalue weighted by molar-refractivity contribution is 5.78. The van der Waals surface area contributed by atoms with Crippen molar-refractivity contribution in [2.75, 3.05) is 13.7 Å². The maximum atomic E-state index is 13.4. The summed E-state index contributed by atoms with van der Waals surface area (Å²) in [5, 5.41) is 11.8. The number of hydrogen-bond acceptors (Lipinski definition) is 3. The Bertz CT molecular complexity index is 450. The summed E-state index contributed by atoms with van der Waals surface area (Å²) in [5.74, 6) is -1.10. The molecule has 1 rings (SSSR count). The summed E-state index contributed by atoms with van der Waals surface area (Å²) < 4.78 is 18.7. The van der Waals surface area contributed by atoms with Crippen molar-refractivity contribution >= 4 is 5.97 Å². The minimum Gasteiger partial charge on any atom is -0.491 e. The van der Waals surface area contributed by atoms with E-state index in [2.05, 4.69) is 5.32 Å². The van der Waals surface area contributed by atoms with E-state index in [-0.39, 0.29) is 12.4 Å². The highest BCUT2D eigenvalue weighted by Gasteiger charge is 2.30. The first kappa shape index (κ1) is 15.4. The number of ether oxygens (including phenoxy) is 1. The van der Waals surface area contributed by atoms with Gasteiger partial charge < -0.3 is 15.2 Å². The van der Waals surface area contributed by atoms with Crippen LogP contribution in [0.3, 0.4) is 0 Å². The number of nitrogens with one attached hydrogen (secondary N) is 1. The maximum absolute atomic E-state index is 13.4. The molecule has 1 aromatic rings. The molecule has 0 saturated heterocycles. The molecular weight excluding hydrogens is 249 g/mol. The fraction of sp³-hybridized carbons (Fsp3) is 0.500. The molecule has 0 aliphatic rings. The molecule has 0 amide bonds. The summed E-state index contributed by atoms with van der Waals surface area (Å²) >= 11 is 0. The van der Waals surface area contributed by atoms with Crippen LogP contribution in [0.4, 0.5) is 4.39 Å². The molecule has 5 heteroatoms. The number of carboxylic acids is 1. The fourth-order valence-corrected chi connectivity index (χ4v) is 1.67. The van der Waals surface area contributed by atoms with Crippen LogP contribution >= 0.6 is 0 Å². The SMILES string of the molecule is CNC(C)(CCCOc1cc(C)ccc1F)C(=O)O. The normalized spacial score (nSPS) is 13.9. The van der Waals surface area contributed by atoms with Gasteiger partial charge in [0.05, 0.1) is 6.61 Å². The molecule has 1 atom stereocenters. The lowest BCUT2D eigenvalue weighted by molar-refractivity contribution is -0.144. The average molecular weight is 269 g/mol. The summed E-state index contributed by atoms with van der Waals surface area (Å²) in [5.41, 5.74) is -0.0592. The second kappa shape index (κ2) is 6.52. The van der Waals surface area contributed by atoms with Gasteiger partial charge in [0.25, 0.3) is 0 Å². The molecule has 0 aromatic heterocycles. The summed E-state index contributed by atoms with van der Waals surface area (Å²) in [6.45, 7) is 3.75. The van der Waals surface area contributed by atoms with Crippen molar-refractivity contribution in [2.45, 2.75) is 32.2 Å². The predicted molar refractivity (Wildman–Crippen MR) is 71.0 cm³/mol. The molecule has 0 fully saturated rings. The fourth-order valence-electron chi connectivity index (χ4n) is 1.67. The van der Waals surface area contributed by atoms with Gasteiger partial charge in [-0.05, 0) is 51.4 Å². The molecule has 4 nitrogen and oxygen atoms in total. The number of aryl methyl sites for hydroxylation is 1. The van der Waals surface area contributed by atoms with Gasteiger partial charge in [-0.15, -0.1) is 0 Å². The van der Waals surface area contributed by atoms with Crippen molar-refractivity contribution in [3.63, 3.8) is 0 Å². The van der Waals surface area contributed by atoms with Gasteiger partial charge in [-0.2, -0.15) is 0 Å². The van der Waals surface area contributed by atoms with Crippen molar-refractivity contribution in [2.24, 2.45) is 0 Å². The van der Waals surface area contributed by atoms with Gasteiger partial charge in [0.15, 0.2) is 11.6 Å². The highest BCUT2D eigenvalue weighted by Crippen LogP contribution is 2.19. The third kappa shape index (κ3) is 4.21. The van der Waals surface area contributed by atoms with Crippen molar-refractivity contribution in [3.8, 4) is 5.75 Å². The third-order valence-electron chi connectivity index (χ3n) is 3.19. The Labute approximate surface area is 112 Å². The van der Waals surface area contributed by atoms with Crippen LogP contribution in [-0.4, -0.2) is 30.3 Å². The van der Waals surface area contributed by atoms with Crippen LogP contribution < -0.4 is 10.1 Å².